The topological polar surface area (TPSA) is 139 Å². The molecule has 0 saturated heterocycles. The summed E-state index contributed by atoms with van der Waals surface area (Å²) < 4.78 is 20.4. The van der Waals surface area contributed by atoms with Crippen LogP contribution in [0.15, 0.2) is 16.5 Å². The Bertz CT molecular complexity index is 334. The van der Waals surface area contributed by atoms with Gasteiger partial charge < -0.3 is 28.7 Å². The van der Waals surface area contributed by atoms with Crippen LogP contribution in [-0.2, 0) is 9.13 Å². The molecule has 0 atom stereocenters. The van der Waals surface area contributed by atoms with E-state index in [4.69, 9.17) is 0 Å². The van der Waals surface area contributed by atoms with E-state index in [0.717, 1.165) is 0 Å². The van der Waals surface area contributed by atoms with Gasteiger partial charge in [-0.2, -0.15) is 0 Å². The Kier molecular flexibility index (Phi) is 18.2. The Hall–Kier alpha value is 3.71. The van der Waals surface area contributed by atoms with Crippen LogP contribution in [-0.4, -0.2) is 5.45 Å². The van der Waals surface area contributed by atoms with Gasteiger partial charge in [0.25, 0.3) is 0 Å². The molecule has 0 aromatic heterocycles. The minimum Gasteiger partial charge on any atom is -0.807 e. The van der Waals surface area contributed by atoms with Gasteiger partial charge in [0.1, 0.15) is 0 Å². The molecule has 0 N–H and O–H groups in total. The molecule has 0 unspecified atom stereocenters. The Balaban J connectivity index is -0.000000180. The van der Waals surface area contributed by atoms with Crippen molar-refractivity contribution in [3.63, 3.8) is 0 Å². The second-order valence-electron chi connectivity index (χ2n) is 1.96. The monoisotopic (exact) mass is 301 g/mol. The van der Waals surface area contributed by atoms with Crippen LogP contribution in [0.4, 0.5) is 0 Å². The minimum absolute atomic E-state index is 0. The summed E-state index contributed by atoms with van der Waals surface area (Å²) in [4.78, 5) is 43.6. The molecule has 0 bridgehead atoms. The fourth-order valence-electron chi connectivity index (χ4n) is 0.584. The summed E-state index contributed by atoms with van der Waals surface area (Å²) in [7, 11) is -10.4. The molecule has 68 valence electrons. The van der Waals surface area contributed by atoms with Crippen molar-refractivity contribution in [2.75, 3.05) is 0 Å². The maximum absolute atomic E-state index is 10.2. The molecule has 0 aliphatic carbocycles. The second kappa shape index (κ2) is 10.4. The Morgan fingerprint density at radius 2 is 1.25 bits per heavy atom. The third-order valence-electron chi connectivity index (χ3n) is 1.09. The van der Waals surface area contributed by atoms with E-state index >= 15 is 0 Å². The quantitative estimate of drug-likeness (QED) is 0.366. The van der Waals surface area contributed by atoms with Gasteiger partial charge in [-0.25, -0.2) is 0 Å². The molecule has 1 heterocycles. The van der Waals surface area contributed by atoms with Crippen molar-refractivity contribution in [1.29, 1.82) is 0 Å². The molecule has 0 spiro atoms. The summed E-state index contributed by atoms with van der Waals surface area (Å²) in [6.45, 7) is 0. The van der Waals surface area contributed by atoms with Crippen molar-refractivity contribution in [1.82, 2.24) is 0 Å². The Labute approximate surface area is 180 Å². The molecule has 1 rings (SSSR count). The molecule has 0 aromatic carbocycles. The average Bonchev–Trinajstić information content (AvgIpc) is 1.46. The van der Waals surface area contributed by atoms with E-state index in [-0.39, 0.29) is 118 Å². The third kappa shape index (κ3) is 8.10. The molecule has 0 saturated carbocycles. The van der Waals surface area contributed by atoms with Crippen LogP contribution in [0.2, 0.25) is 0 Å². The van der Waals surface area contributed by atoms with E-state index in [1.54, 1.807) is 0 Å². The van der Waals surface area contributed by atoms with Crippen LogP contribution >= 0.6 is 15.2 Å². The largest absolute Gasteiger partial charge is 1.00 e. The molecule has 1 aliphatic heterocycles. The summed E-state index contributed by atoms with van der Waals surface area (Å²) in [6, 6.07) is 0. The van der Waals surface area contributed by atoms with Gasteiger partial charge in [-0.15, -0.1) is 0 Å². The van der Waals surface area contributed by atoms with Crippen LogP contribution < -0.4 is 138 Å². The maximum Gasteiger partial charge on any atom is 1.00 e. The first-order valence-corrected chi connectivity index (χ1v) is 5.65. The van der Waals surface area contributed by atoms with Gasteiger partial charge in [-0.3, -0.25) is 4.99 Å². The predicted octanol–water partition coefficient (Wildman–Crippen LogP) is -14.9. The zero-order valence-corrected chi connectivity index (χ0v) is 19.2. The molecular weight excluding hydrogens is 300 g/mol. The smallest absolute Gasteiger partial charge is 0.807 e. The molecule has 1 aliphatic rings. The van der Waals surface area contributed by atoms with E-state index in [0.29, 0.717) is 6.20 Å². The Morgan fingerprint density at radius 3 is 1.31 bits per heavy atom. The van der Waals surface area contributed by atoms with Crippen LogP contribution in [0.3, 0.4) is 0 Å². The van der Waals surface area contributed by atoms with Crippen LogP contribution in [0.5, 0.6) is 0 Å². The second-order valence-corrected chi connectivity index (χ2v) is 4.86. The van der Waals surface area contributed by atoms with Gasteiger partial charge in [0.05, 0.1) is 5.45 Å². The summed E-state index contributed by atoms with van der Waals surface area (Å²) in [5.41, 5.74) is -1.17. The first kappa shape index (κ1) is 28.0. The maximum atomic E-state index is 10.2. The van der Waals surface area contributed by atoms with E-state index in [1.165, 1.54) is 0 Å². The molecule has 16 heavy (non-hydrogen) atoms. The van der Waals surface area contributed by atoms with Crippen LogP contribution in [0, 0.1) is 0 Å². The molecular formula is C3HNNa4O6P2. The summed E-state index contributed by atoms with van der Waals surface area (Å²) >= 11 is 0. The van der Waals surface area contributed by atoms with E-state index in [2.05, 4.69) is 4.99 Å². The summed E-state index contributed by atoms with van der Waals surface area (Å²) in [6.07, 6.45) is 0.540. The van der Waals surface area contributed by atoms with Crippen molar-refractivity contribution in [3.8, 4) is 0 Å². The van der Waals surface area contributed by atoms with Crippen molar-refractivity contribution >= 4 is 20.6 Å². The van der Waals surface area contributed by atoms with Gasteiger partial charge in [0.15, 0.2) is 0 Å². The van der Waals surface area contributed by atoms with Crippen molar-refractivity contribution in [3.05, 3.63) is 11.5 Å². The van der Waals surface area contributed by atoms with Gasteiger partial charge in [-0.1, -0.05) is 0 Å². The first-order chi connectivity index (χ1) is 5.23. The van der Waals surface area contributed by atoms with Crippen molar-refractivity contribution in [2.45, 2.75) is 0 Å². The van der Waals surface area contributed by atoms with E-state index < -0.39 is 26.0 Å². The number of nitrogens with zero attached hydrogens (tertiary/aromatic N) is 1. The molecule has 0 fully saturated rings. The zero-order valence-electron chi connectivity index (χ0n) is 9.37. The van der Waals surface area contributed by atoms with Gasteiger partial charge in [0.2, 0.25) is 0 Å². The van der Waals surface area contributed by atoms with Crippen molar-refractivity contribution < 1.29 is 147 Å². The SMILES string of the molecule is O=P([O-])([O-])C1=CN=C1P(=O)([O-])[O-].[Na+].[Na+].[Na+].[Na+]. The van der Waals surface area contributed by atoms with E-state index in [1.807, 2.05) is 0 Å². The standard InChI is InChI=1S/C3H5NO6P2.4Na/c5-11(6,7)2-1-4-3(2)12(8,9)10;;;;/h1H,(H2,5,6,7)(H2,8,9,10);;;;/q;4*+1/p-4. The van der Waals surface area contributed by atoms with Crippen molar-refractivity contribution in [2.24, 2.45) is 4.99 Å². The number of aliphatic imine (C=N–C) groups is 1. The molecule has 0 amide bonds. The minimum atomic E-state index is -5.21. The fraction of sp³-hybridized carbons (Fsp3) is 0. The summed E-state index contributed by atoms with van der Waals surface area (Å²) in [5.74, 6) is 0. The number of rotatable bonds is 2. The fourth-order valence-corrected chi connectivity index (χ4v) is 2.36. The van der Waals surface area contributed by atoms with Gasteiger partial charge in [0, 0.05) is 11.5 Å². The zero-order chi connectivity index (χ0) is 9.57. The summed E-state index contributed by atoms with van der Waals surface area (Å²) in [5, 5.41) is -1.03. The molecule has 13 heteroatoms. The van der Waals surface area contributed by atoms with Crippen LogP contribution in [0.25, 0.3) is 0 Å². The molecule has 0 radical (unpaired) electrons. The number of hydrogen-bond donors (Lipinski definition) is 0. The Morgan fingerprint density at radius 1 is 0.875 bits per heavy atom. The molecule has 7 nitrogen and oxygen atoms in total. The number of allylic oxidation sites excluding steroid dienone is 1. The third-order valence-corrected chi connectivity index (χ3v) is 3.06. The number of hydrogen-bond acceptors (Lipinski definition) is 7. The molecule has 0 aromatic rings. The van der Waals surface area contributed by atoms with E-state index in [9.17, 15) is 28.7 Å². The normalized spacial score (nSPS) is 13.5. The van der Waals surface area contributed by atoms with Gasteiger partial charge in [-0.05, 0) is 15.2 Å². The van der Waals surface area contributed by atoms with Crippen LogP contribution in [0.1, 0.15) is 0 Å². The van der Waals surface area contributed by atoms with Gasteiger partial charge >= 0.3 is 118 Å². The predicted molar refractivity (Wildman–Crippen MR) is 30.7 cm³/mol. The first-order valence-electron chi connectivity index (χ1n) is 2.56. The average molecular weight is 301 g/mol.